The van der Waals surface area contributed by atoms with Crippen LogP contribution in [-0.2, 0) is 13.0 Å². The van der Waals surface area contributed by atoms with Crippen LogP contribution in [0.25, 0.3) is 0 Å². The summed E-state index contributed by atoms with van der Waals surface area (Å²) >= 11 is 5.82. The molecule has 0 amide bonds. The smallest absolute Gasteiger partial charge is 0.169 e. The number of nitrogens with zero attached hydrogens (tertiary/aromatic N) is 3. The highest BCUT2D eigenvalue weighted by Crippen LogP contribution is 2.13. The standard InChI is InChI=1S/C11H13ClN4/c1-2-10-11(13)14-15-16(10)7-8-3-5-9(12)6-4-8/h3-6H,2,7,13H2,1H3. The molecule has 0 aliphatic carbocycles. The first-order valence-electron chi connectivity index (χ1n) is 5.13. The van der Waals surface area contributed by atoms with E-state index in [1.165, 1.54) is 0 Å². The number of rotatable bonds is 3. The zero-order chi connectivity index (χ0) is 11.5. The number of aromatic nitrogens is 3. The summed E-state index contributed by atoms with van der Waals surface area (Å²) in [6.45, 7) is 2.71. The van der Waals surface area contributed by atoms with Crippen LogP contribution in [-0.4, -0.2) is 15.0 Å². The van der Waals surface area contributed by atoms with Crippen LogP contribution in [0.3, 0.4) is 0 Å². The Kier molecular flexibility index (Phi) is 3.10. The van der Waals surface area contributed by atoms with Crippen LogP contribution in [0.5, 0.6) is 0 Å². The van der Waals surface area contributed by atoms with Crippen molar-refractivity contribution < 1.29 is 0 Å². The SMILES string of the molecule is CCc1c(N)nnn1Cc1ccc(Cl)cc1. The van der Waals surface area contributed by atoms with E-state index in [0.29, 0.717) is 12.4 Å². The summed E-state index contributed by atoms with van der Waals surface area (Å²) in [5, 5.41) is 8.61. The van der Waals surface area contributed by atoms with Gasteiger partial charge in [0.05, 0.1) is 12.2 Å². The number of hydrogen-bond acceptors (Lipinski definition) is 3. The van der Waals surface area contributed by atoms with Crippen molar-refractivity contribution in [3.63, 3.8) is 0 Å². The largest absolute Gasteiger partial charge is 0.381 e. The minimum atomic E-state index is 0.511. The van der Waals surface area contributed by atoms with Crippen LogP contribution < -0.4 is 5.73 Å². The van der Waals surface area contributed by atoms with Gasteiger partial charge in [-0.1, -0.05) is 35.9 Å². The van der Waals surface area contributed by atoms with Crippen LogP contribution >= 0.6 is 11.6 Å². The number of nitrogen functional groups attached to an aromatic ring is 1. The van der Waals surface area contributed by atoms with E-state index in [1.54, 1.807) is 0 Å². The van der Waals surface area contributed by atoms with Gasteiger partial charge in [-0.2, -0.15) is 0 Å². The van der Waals surface area contributed by atoms with Crippen LogP contribution in [0.15, 0.2) is 24.3 Å². The Morgan fingerprint density at radius 3 is 2.62 bits per heavy atom. The van der Waals surface area contributed by atoms with Gasteiger partial charge < -0.3 is 5.73 Å². The summed E-state index contributed by atoms with van der Waals surface area (Å²) < 4.78 is 1.82. The molecular formula is C11H13ClN4. The lowest BCUT2D eigenvalue weighted by Crippen LogP contribution is -2.06. The van der Waals surface area contributed by atoms with Crippen LogP contribution in [0.4, 0.5) is 5.82 Å². The molecule has 0 unspecified atom stereocenters. The predicted octanol–water partition coefficient (Wildman–Crippen LogP) is 2.12. The minimum absolute atomic E-state index is 0.511. The first-order chi connectivity index (χ1) is 7.70. The molecule has 2 N–H and O–H groups in total. The van der Waals surface area contributed by atoms with Gasteiger partial charge in [-0.05, 0) is 24.1 Å². The average molecular weight is 237 g/mol. The lowest BCUT2D eigenvalue weighted by Gasteiger charge is -2.05. The molecule has 0 aliphatic rings. The van der Waals surface area contributed by atoms with Crippen molar-refractivity contribution in [2.45, 2.75) is 19.9 Å². The Labute approximate surface area is 99.0 Å². The molecule has 0 spiro atoms. The van der Waals surface area contributed by atoms with Crippen LogP contribution in [0.1, 0.15) is 18.2 Å². The number of anilines is 1. The summed E-state index contributed by atoms with van der Waals surface area (Å²) in [6.07, 6.45) is 0.826. The zero-order valence-electron chi connectivity index (χ0n) is 9.02. The second-order valence-electron chi connectivity index (χ2n) is 3.56. The van der Waals surface area contributed by atoms with Crippen molar-refractivity contribution in [2.24, 2.45) is 0 Å². The van der Waals surface area contributed by atoms with Gasteiger partial charge in [-0.15, -0.1) is 5.10 Å². The van der Waals surface area contributed by atoms with Gasteiger partial charge in [0.2, 0.25) is 0 Å². The Morgan fingerprint density at radius 1 is 1.31 bits per heavy atom. The zero-order valence-corrected chi connectivity index (χ0v) is 9.78. The van der Waals surface area contributed by atoms with E-state index in [4.69, 9.17) is 17.3 Å². The highest BCUT2D eigenvalue weighted by Gasteiger charge is 2.07. The van der Waals surface area contributed by atoms with Gasteiger partial charge in [-0.25, -0.2) is 4.68 Å². The molecule has 4 nitrogen and oxygen atoms in total. The second-order valence-corrected chi connectivity index (χ2v) is 4.00. The van der Waals surface area contributed by atoms with E-state index in [-0.39, 0.29) is 0 Å². The fourth-order valence-corrected chi connectivity index (χ4v) is 1.73. The van der Waals surface area contributed by atoms with Crippen molar-refractivity contribution in [2.75, 3.05) is 5.73 Å². The summed E-state index contributed by atoms with van der Waals surface area (Å²) in [5.74, 6) is 0.511. The molecular weight excluding hydrogens is 224 g/mol. The third kappa shape index (κ3) is 2.17. The lowest BCUT2D eigenvalue weighted by atomic mass is 10.2. The molecule has 2 rings (SSSR count). The quantitative estimate of drug-likeness (QED) is 0.888. The molecule has 0 fully saturated rings. The van der Waals surface area contributed by atoms with Gasteiger partial charge >= 0.3 is 0 Å². The maximum absolute atomic E-state index is 5.82. The molecule has 84 valence electrons. The van der Waals surface area contributed by atoms with E-state index >= 15 is 0 Å². The predicted molar refractivity (Wildman–Crippen MR) is 64.4 cm³/mol. The molecule has 1 aromatic carbocycles. The highest BCUT2D eigenvalue weighted by atomic mass is 35.5. The fourth-order valence-electron chi connectivity index (χ4n) is 1.60. The van der Waals surface area contributed by atoms with Gasteiger partial charge in [0.25, 0.3) is 0 Å². The van der Waals surface area contributed by atoms with E-state index in [9.17, 15) is 0 Å². The summed E-state index contributed by atoms with van der Waals surface area (Å²) in [7, 11) is 0. The molecule has 0 aliphatic heterocycles. The molecule has 5 heteroatoms. The van der Waals surface area contributed by atoms with Crippen molar-refractivity contribution in [1.82, 2.24) is 15.0 Å². The van der Waals surface area contributed by atoms with Gasteiger partial charge in [0.1, 0.15) is 0 Å². The molecule has 16 heavy (non-hydrogen) atoms. The average Bonchev–Trinajstić information content (AvgIpc) is 2.63. The Bertz CT molecular complexity index is 475. The second kappa shape index (κ2) is 4.53. The van der Waals surface area contributed by atoms with Gasteiger partial charge in [0, 0.05) is 5.02 Å². The first-order valence-corrected chi connectivity index (χ1v) is 5.50. The summed E-state index contributed by atoms with van der Waals surface area (Å²) in [6, 6.07) is 7.67. The lowest BCUT2D eigenvalue weighted by molar-refractivity contribution is 0.622. The molecule has 1 aromatic heterocycles. The van der Waals surface area contributed by atoms with Crippen LogP contribution in [0.2, 0.25) is 5.02 Å². The molecule has 1 heterocycles. The van der Waals surface area contributed by atoms with Gasteiger partial charge in [-0.3, -0.25) is 0 Å². The van der Waals surface area contributed by atoms with Crippen molar-refractivity contribution in [1.29, 1.82) is 0 Å². The van der Waals surface area contributed by atoms with E-state index in [0.717, 1.165) is 22.7 Å². The van der Waals surface area contributed by atoms with Crippen molar-refractivity contribution in [3.8, 4) is 0 Å². The topological polar surface area (TPSA) is 56.7 Å². The fraction of sp³-hybridized carbons (Fsp3) is 0.273. The van der Waals surface area contributed by atoms with Crippen molar-refractivity contribution in [3.05, 3.63) is 40.5 Å². The molecule has 0 saturated heterocycles. The maximum atomic E-state index is 5.82. The molecule has 0 saturated carbocycles. The first kappa shape index (κ1) is 11.0. The van der Waals surface area contributed by atoms with E-state index < -0.39 is 0 Å². The third-order valence-corrected chi connectivity index (χ3v) is 2.70. The van der Waals surface area contributed by atoms with Crippen LogP contribution in [0, 0.1) is 0 Å². The summed E-state index contributed by atoms with van der Waals surface area (Å²) in [5.41, 5.74) is 7.81. The summed E-state index contributed by atoms with van der Waals surface area (Å²) in [4.78, 5) is 0. The highest BCUT2D eigenvalue weighted by molar-refractivity contribution is 6.30. The Morgan fingerprint density at radius 2 is 2.00 bits per heavy atom. The number of hydrogen-bond donors (Lipinski definition) is 1. The molecule has 0 radical (unpaired) electrons. The Hall–Kier alpha value is -1.55. The third-order valence-electron chi connectivity index (χ3n) is 2.45. The normalized spacial score (nSPS) is 10.6. The van der Waals surface area contributed by atoms with Gasteiger partial charge in [0.15, 0.2) is 5.82 Å². The monoisotopic (exact) mass is 236 g/mol. The minimum Gasteiger partial charge on any atom is -0.381 e. The maximum Gasteiger partial charge on any atom is 0.169 e. The molecule has 0 bridgehead atoms. The van der Waals surface area contributed by atoms with Crippen molar-refractivity contribution >= 4 is 17.4 Å². The number of nitrogens with two attached hydrogens (primary N) is 1. The number of benzene rings is 1. The Balaban J connectivity index is 2.23. The number of halogens is 1. The van der Waals surface area contributed by atoms with E-state index in [1.807, 2.05) is 35.9 Å². The van der Waals surface area contributed by atoms with E-state index in [2.05, 4.69) is 10.3 Å². The molecule has 2 aromatic rings. The molecule has 0 atom stereocenters.